The van der Waals surface area contributed by atoms with Crippen molar-refractivity contribution in [2.24, 2.45) is 7.05 Å². The second kappa shape index (κ2) is 5.21. The van der Waals surface area contributed by atoms with Gasteiger partial charge in [-0.25, -0.2) is 4.57 Å². The lowest BCUT2D eigenvalue weighted by Crippen LogP contribution is -2.29. The molecule has 2 nitrogen and oxygen atoms in total. The van der Waals surface area contributed by atoms with E-state index >= 15 is 0 Å². The van der Waals surface area contributed by atoms with E-state index in [1.807, 2.05) is 0 Å². The first kappa shape index (κ1) is 13.6. The van der Waals surface area contributed by atoms with Crippen molar-refractivity contribution < 1.29 is 4.57 Å². The van der Waals surface area contributed by atoms with E-state index in [0.29, 0.717) is 0 Å². The van der Waals surface area contributed by atoms with E-state index in [2.05, 4.69) is 91.8 Å². The van der Waals surface area contributed by atoms with E-state index in [0.717, 1.165) is 0 Å². The van der Waals surface area contributed by atoms with E-state index in [1.165, 1.54) is 33.8 Å². The molecule has 21 heavy (non-hydrogen) atoms. The van der Waals surface area contributed by atoms with Gasteiger partial charge in [0.1, 0.15) is 18.1 Å². The Hall–Kier alpha value is -2.35. The van der Waals surface area contributed by atoms with Crippen molar-refractivity contribution in [3.63, 3.8) is 0 Å². The van der Waals surface area contributed by atoms with Gasteiger partial charge >= 0.3 is 0 Å². The zero-order valence-electron chi connectivity index (χ0n) is 13.1. The minimum absolute atomic E-state index is 1.20. The highest BCUT2D eigenvalue weighted by Gasteiger charge is 2.21. The van der Waals surface area contributed by atoms with Gasteiger partial charge in [-0.2, -0.15) is 4.57 Å². The lowest BCUT2D eigenvalue weighted by molar-refractivity contribution is -0.659. The van der Waals surface area contributed by atoms with Crippen molar-refractivity contribution in [3.05, 3.63) is 71.5 Å². The SMILES string of the molecule is Cc1cc(C)c(-n2cc[n+](C)c2-c2ccccc2)c(C)c1. The Labute approximate surface area is 126 Å². The number of hydrogen-bond acceptors (Lipinski definition) is 0. The highest BCUT2D eigenvalue weighted by atomic mass is 15.1. The fourth-order valence-electron chi connectivity index (χ4n) is 3.14. The molecule has 106 valence electrons. The van der Waals surface area contributed by atoms with Crippen LogP contribution in [0.1, 0.15) is 16.7 Å². The third-order valence-electron chi connectivity index (χ3n) is 3.91. The number of imidazole rings is 1. The first-order valence-electron chi connectivity index (χ1n) is 7.28. The first-order valence-corrected chi connectivity index (χ1v) is 7.28. The van der Waals surface area contributed by atoms with Crippen LogP contribution in [-0.2, 0) is 7.05 Å². The largest absolute Gasteiger partial charge is 0.293 e. The Morgan fingerprint density at radius 2 is 1.52 bits per heavy atom. The summed E-state index contributed by atoms with van der Waals surface area (Å²) in [4.78, 5) is 0. The summed E-state index contributed by atoms with van der Waals surface area (Å²) in [6.45, 7) is 6.52. The third-order valence-corrected chi connectivity index (χ3v) is 3.91. The van der Waals surface area contributed by atoms with Crippen molar-refractivity contribution in [2.45, 2.75) is 20.8 Å². The van der Waals surface area contributed by atoms with Crippen LogP contribution in [0.25, 0.3) is 17.1 Å². The number of aryl methyl sites for hydroxylation is 4. The first-order chi connectivity index (χ1) is 10.1. The van der Waals surface area contributed by atoms with Gasteiger partial charge in [0.25, 0.3) is 5.82 Å². The van der Waals surface area contributed by atoms with Crippen molar-refractivity contribution in [1.82, 2.24) is 4.57 Å². The second-order valence-electron chi connectivity index (χ2n) is 5.72. The number of rotatable bonds is 2. The summed E-state index contributed by atoms with van der Waals surface area (Å²) in [6, 6.07) is 15.0. The summed E-state index contributed by atoms with van der Waals surface area (Å²) >= 11 is 0. The Balaban J connectivity index is 2.27. The van der Waals surface area contributed by atoms with Crippen LogP contribution >= 0.6 is 0 Å². The molecule has 0 bridgehead atoms. The van der Waals surface area contributed by atoms with E-state index in [9.17, 15) is 0 Å². The predicted molar refractivity (Wildman–Crippen MR) is 86.6 cm³/mol. The van der Waals surface area contributed by atoms with Crippen LogP contribution < -0.4 is 4.57 Å². The van der Waals surface area contributed by atoms with Crippen LogP contribution in [0.4, 0.5) is 0 Å². The molecule has 0 radical (unpaired) electrons. The van der Waals surface area contributed by atoms with Crippen LogP contribution in [0, 0.1) is 20.8 Å². The summed E-state index contributed by atoms with van der Waals surface area (Å²) in [6.07, 6.45) is 4.26. The minimum Gasteiger partial charge on any atom is -0.232 e. The fourth-order valence-corrected chi connectivity index (χ4v) is 3.14. The lowest BCUT2D eigenvalue weighted by atomic mass is 10.0. The van der Waals surface area contributed by atoms with Gasteiger partial charge in [0.15, 0.2) is 0 Å². The number of hydrogen-bond donors (Lipinski definition) is 0. The Bertz CT molecular complexity index is 760. The quantitative estimate of drug-likeness (QED) is 0.628. The smallest absolute Gasteiger partial charge is 0.232 e. The summed E-state index contributed by atoms with van der Waals surface area (Å²) in [5.74, 6) is 1.20. The molecule has 2 heteroatoms. The normalized spacial score (nSPS) is 10.9. The molecule has 0 aliphatic carbocycles. The number of benzene rings is 2. The molecule has 1 heterocycles. The molecular weight excluding hydrogens is 256 g/mol. The molecule has 0 saturated heterocycles. The Morgan fingerprint density at radius 3 is 2.14 bits per heavy atom. The highest BCUT2D eigenvalue weighted by molar-refractivity contribution is 5.59. The standard InChI is InChI=1S/C19H21N2/c1-14-12-15(2)18(16(3)13-14)21-11-10-20(4)19(21)17-8-6-5-7-9-17/h5-13H,1-4H3/q+1. The van der Waals surface area contributed by atoms with E-state index in [-0.39, 0.29) is 0 Å². The molecule has 0 aliphatic heterocycles. The number of nitrogens with zero attached hydrogens (tertiary/aromatic N) is 2. The molecule has 0 N–H and O–H groups in total. The highest BCUT2D eigenvalue weighted by Crippen LogP contribution is 2.25. The maximum absolute atomic E-state index is 2.29. The van der Waals surface area contributed by atoms with E-state index < -0.39 is 0 Å². The van der Waals surface area contributed by atoms with Crippen molar-refractivity contribution >= 4 is 0 Å². The molecule has 0 fully saturated rings. The zero-order chi connectivity index (χ0) is 15.0. The van der Waals surface area contributed by atoms with Crippen molar-refractivity contribution in [1.29, 1.82) is 0 Å². The Morgan fingerprint density at radius 1 is 0.905 bits per heavy atom. The van der Waals surface area contributed by atoms with E-state index in [1.54, 1.807) is 0 Å². The van der Waals surface area contributed by atoms with Crippen LogP contribution in [0.3, 0.4) is 0 Å². The van der Waals surface area contributed by atoms with E-state index in [4.69, 9.17) is 0 Å². The molecule has 3 aromatic rings. The minimum atomic E-state index is 1.20. The van der Waals surface area contributed by atoms with Gasteiger partial charge in [-0.15, -0.1) is 0 Å². The molecule has 0 spiro atoms. The molecule has 0 amide bonds. The lowest BCUT2D eigenvalue weighted by Gasteiger charge is -2.10. The molecule has 0 saturated carbocycles. The van der Waals surface area contributed by atoms with Gasteiger partial charge in [-0.1, -0.05) is 35.9 Å². The van der Waals surface area contributed by atoms with Crippen molar-refractivity contribution in [3.8, 4) is 17.1 Å². The van der Waals surface area contributed by atoms with Gasteiger partial charge in [0.2, 0.25) is 0 Å². The predicted octanol–water partition coefficient (Wildman–Crippen LogP) is 3.89. The molecule has 0 unspecified atom stereocenters. The van der Waals surface area contributed by atoms with Crippen LogP contribution in [0.2, 0.25) is 0 Å². The molecular formula is C19H21N2+. The maximum atomic E-state index is 2.29. The molecule has 2 aromatic carbocycles. The molecule has 1 aromatic heterocycles. The monoisotopic (exact) mass is 277 g/mol. The second-order valence-corrected chi connectivity index (χ2v) is 5.72. The van der Waals surface area contributed by atoms with Crippen LogP contribution in [-0.4, -0.2) is 4.57 Å². The van der Waals surface area contributed by atoms with Gasteiger partial charge in [-0.3, -0.25) is 0 Å². The molecule has 0 aliphatic rings. The molecule has 3 rings (SSSR count). The fraction of sp³-hybridized carbons (Fsp3) is 0.211. The van der Waals surface area contributed by atoms with Gasteiger partial charge in [0.05, 0.1) is 12.6 Å². The van der Waals surface area contributed by atoms with Gasteiger partial charge in [-0.05, 0) is 44.0 Å². The Kier molecular flexibility index (Phi) is 3.38. The van der Waals surface area contributed by atoms with Gasteiger partial charge < -0.3 is 0 Å². The summed E-state index contributed by atoms with van der Waals surface area (Å²) in [5, 5.41) is 0. The number of aromatic nitrogens is 2. The van der Waals surface area contributed by atoms with Crippen LogP contribution in [0.5, 0.6) is 0 Å². The average Bonchev–Trinajstić information content (AvgIpc) is 2.80. The topological polar surface area (TPSA) is 8.81 Å². The van der Waals surface area contributed by atoms with Crippen LogP contribution in [0.15, 0.2) is 54.9 Å². The zero-order valence-corrected chi connectivity index (χ0v) is 13.1. The maximum Gasteiger partial charge on any atom is 0.293 e. The van der Waals surface area contributed by atoms with Crippen molar-refractivity contribution in [2.75, 3.05) is 0 Å². The summed E-state index contributed by atoms with van der Waals surface area (Å²) in [5.41, 5.74) is 6.43. The van der Waals surface area contributed by atoms with Gasteiger partial charge in [0, 0.05) is 0 Å². The summed E-state index contributed by atoms with van der Waals surface area (Å²) in [7, 11) is 2.09. The third kappa shape index (κ3) is 2.38. The average molecular weight is 277 g/mol. The summed E-state index contributed by atoms with van der Waals surface area (Å²) < 4.78 is 4.47. The molecule has 0 atom stereocenters.